The molecule has 2 nitrogen and oxygen atoms in total. The highest BCUT2D eigenvalue weighted by Gasteiger charge is 2.34. The van der Waals surface area contributed by atoms with Crippen LogP contribution in [0.1, 0.15) is 62.8 Å². The summed E-state index contributed by atoms with van der Waals surface area (Å²) < 4.78 is 5.40. The van der Waals surface area contributed by atoms with E-state index in [1.165, 1.54) is 16.7 Å². The van der Waals surface area contributed by atoms with E-state index >= 15 is 0 Å². The van der Waals surface area contributed by atoms with Gasteiger partial charge in [0.2, 0.25) is 0 Å². The molecule has 0 aromatic heterocycles. The summed E-state index contributed by atoms with van der Waals surface area (Å²) in [4.78, 5) is 0. The van der Waals surface area contributed by atoms with Gasteiger partial charge >= 0.3 is 0 Å². The molecular weight excluding hydrogens is 308 g/mol. The van der Waals surface area contributed by atoms with E-state index in [1.807, 2.05) is 13.0 Å². The number of rotatable bonds is 6. The second-order valence-corrected chi connectivity index (χ2v) is 8.16. The van der Waals surface area contributed by atoms with Crippen molar-refractivity contribution in [1.82, 2.24) is 0 Å². The minimum atomic E-state index is 0.0353. The lowest BCUT2D eigenvalue weighted by molar-refractivity contribution is 0.316. The summed E-state index contributed by atoms with van der Waals surface area (Å²) in [6.07, 6.45) is 2.09. The Hall–Kier alpha value is -1.96. The van der Waals surface area contributed by atoms with Gasteiger partial charge in [0.1, 0.15) is 11.5 Å². The van der Waals surface area contributed by atoms with Gasteiger partial charge in [-0.15, -0.1) is 0 Å². The Morgan fingerprint density at radius 2 is 1.52 bits per heavy atom. The lowest BCUT2D eigenvalue weighted by atomic mass is 9.66. The molecule has 0 radical (unpaired) electrons. The largest absolute Gasteiger partial charge is 0.508 e. The molecule has 0 saturated carbocycles. The van der Waals surface area contributed by atoms with Crippen LogP contribution in [0.3, 0.4) is 0 Å². The Morgan fingerprint density at radius 1 is 0.920 bits per heavy atom. The minimum Gasteiger partial charge on any atom is -0.508 e. The predicted molar refractivity (Wildman–Crippen MR) is 106 cm³/mol. The SMILES string of the molecule is CCC(C)(CC(C)(C)c1ccc(OC)c(C)c1)c1ccc(O)c(C)c1. The molecule has 1 atom stereocenters. The summed E-state index contributed by atoms with van der Waals surface area (Å²) in [7, 11) is 1.72. The summed E-state index contributed by atoms with van der Waals surface area (Å²) in [5.41, 5.74) is 4.83. The zero-order valence-corrected chi connectivity index (χ0v) is 16.7. The maximum absolute atomic E-state index is 9.86. The smallest absolute Gasteiger partial charge is 0.121 e. The zero-order chi connectivity index (χ0) is 18.8. The monoisotopic (exact) mass is 340 g/mol. The molecule has 2 aromatic carbocycles. The second kappa shape index (κ2) is 7.11. The molecule has 0 aliphatic carbocycles. The van der Waals surface area contributed by atoms with Gasteiger partial charge in [-0.25, -0.2) is 0 Å². The zero-order valence-electron chi connectivity index (χ0n) is 16.7. The molecule has 2 heteroatoms. The van der Waals surface area contributed by atoms with Crippen molar-refractivity contribution in [2.75, 3.05) is 7.11 Å². The third-order valence-electron chi connectivity index (χ3n) is 5.68. The highest BCUT2D eigenvalue weighted by atomic mass is 16.5. The normalized spacial score (nSPS) is 14.2. The molecule has 0 heterocycles. The summed E-state index contributed by atoms with van der Waals surface area (Å²) in [5, 5.41) is 9.86. The van der Waals surface area contributed by atoms with Crippen molar-refractivity contribution >= 4 is 0 Å². The third kappa shape index (κ3) is 4.00. The molecule has 0 spiro atoms. The molecule has 25 heavy (non-hydrogen) atoms. The Bertz CT molecular complexity index is 746. The van der Waals surface area contributed by atoms with Gasteiger partial charge in [-0.3, -0.25) is 0 Å². The molecule has 1 unspecified atom stereocenters. The molecule has 2 aromatic rings. The van der Waals surface area contributed by atoms with Crippen LogP contribution >= 0.6 is 0 Å². The van der Waals surface area contributed by atoms with Gasteiger partial charge in [0, 0.05) is 0 Å². The first kappa shape index (κ1) is 19.4. The number of benzene rings is 2. The topological polar surface area (TPSA) is 29.5 Å². The number of methoxy groups -OCH3 is 1. The lowest BCUT2D eigenvalue weighted by Gasteiger charge is -2.38. The molecule has 1 N–H and O–H groups in total. The molecule has 0 amide bonds. The first-order valence-electron chi connectivity index (χ1n) is 9.08. The second-order valence-electron chi connectivity index (χ2n) is 8.16. The van der Waals surface area contributed by atoms with E-state index in [2.05, 4.69) is 65.0 Å². The van der Waals surface area contributed by atoms with Crippen LogP contribution in [0, 0.1) is 13.8 Å². The van der Waals surface area contributed by atoms with Crippen molar-refractivity contribution in [3.63, 3.8) is 0 Å². The van der Waals surface area contributed by atoms with Gasteiger partial charge in [-0.05, 0) is 71.9 Å². The fourth-order valence-electron chi connectivity index (χ4n) is 3.84. The van der Waals surface area contributed by atoms with E-state index in [9.17, 15) is 5.11 Å². The molecule has 0 bridgehead atoms. The summed E-state index contributed by atoms with van der Waals surface area (Å²) in [6.45, 7) is 13.3. The van der Waals surface area contributed by atoms with Crippen molar-refractivity contribution in [3.05, 3.63) is 58.7 Å². The lowest BCUT2D eigenvalue weighted by Crippen LogP contribution is -2.32. The quantitative estimate of drug-likeness (QED) is 0.693. The summed E-state index contributed by atoms with van der Waals surface area (Å²) >= 11 is 0. The average Bonchev–Trinajstić information content (AvgIpc) is 2.56. The number of ether oxygens (including phenoxy) is 1. The van der Waals surface area contributed by atoms with Crippen molar-refractivity contribution in [2.45, 2.75) is 65.2 Å². The number of phenolic OH excluding ortho intramolecular Hbond substituents is 1. The standard InChI is InChI=1S/C23H32O2/c1-8-23(6,19-9-11-20(24)16(2)13-19)15-22(4,5)18-10-12-21(25-7)17(3)14-18/h9-14,24H,8,15H2,1-7H3. The van der Waals surface area contributed by atoms with Gasteiger partial charge in [-0.2, -0.15) is 0 Å². The highest BCUT2D eigenvalue weighted by molar-refractivity contribution is 5.41. The maximum Gasteiger partial charge on any atom is 0.121 e. The molecule has 0 aliphatic rings. The van der Waals surface area contributed by atoms with Crippen molar-refractivity contribution in [3.8, 4) is 11.5 Å². The van der Waals surface area contributed by atoms with Crippen molar-refractivity contribution in [2.24, 2.45) is 0 Å². The van der Waals surface area contributed by atoms with E-state index in [4.69, 9.17) is 4.74 Å². The molecule has 0 fully saturated rings. The number of hydrogen-bond donors (Lipinski definition) is 1. The van der Waals surface area contributed by atoms with Gasteiger partial charge in [0.25, 0.3) is 0 Å². The van der Waals surface area contributed by atoms with Crippen molar-refractivity contribution < 1.29 is 9.84 Å². The fourth-order valence-corrected chi connectivity index (χ4v) is 3.84. The number of aromatic hydroxyl groups is 1. The first-order chi connectivity index (χ1) is 11.6. The molecular formula is C23H32O2. The molecule has 0 aliphatic heterocycles. The maximum atomic E-state index is 9.86. The van der Waals surface area contributed by atoms with Crippen LogP contribution in [-0.2, 0) is 10.8 Å². The van der Waals surface area contributed by atoms with Crippen LogP contribution < -0.4 is 4.74 Å². The van der Waals surface area contributed by atoms with E-state index in [1.54, 1.807) is 7.11 Å². The number of aryl methyl sites for hydroxylation is 2. The van der Waals surface area contributed by atoms with Gasteiger partial charge in [0.05, 0.1) is 7.11 Å². The van der Waals surface area contributed by atoms with Crippen LogP contribution in [0.2, 0.25) is 0 Å². The number of phenols is 1. The van der Waals surface area contributed by atoms with Crippen LogP contribution in [0.25, 0.3) is 0 Å². The fraction of sp³-hybridized carbons (Fsp3) is 0.478. The van der Waals surface area contributed by atoms with Crippen LogP contribution in [-0.4, -0.2) is 12.2 Å². The minimum absolute atomic E-state index is 0.0353. The van der Waals surface area contributed by atoms with Crippen molar-refractivity contribution in [1.29, 1.82) is 0 Å². The summed E-state index contributed by atoms with van der Waals surface area (Å²) in [6, 6.07) is 12.5. The molecule has 2 rings (SSSR count). The van der Waals surface area contributed by atoms with E-state index < -0.39 is 0 Å². The Labute approximate surface area is 152 Å². The van der Waals surface area contributed by atoms with E-state index in [0.717, 1.165) is 24.2 Å². The molecule has 0 saturated heterocycles. The number of hydrogen-bond acceptors (Lipinski definition) is 2. The highest BCUT2D eigenvalue weighted by Crippen LogP contribution is 2.42. The first-order valence-corrected chi connectivity index (χ1v) is 9.08. The Morgan fingerprint density at radius 3 is 2.04 bits per heavy atom. The summed E-state index contributed by atoms with van der Waals surface area (Å²) in [5.74, 6) is 1.30. The van der Waals surface area contributed by atoms with Crippen LogP contribution in [0.4, 0.5) is 0 Å². The Kier molecular flexibility index (Phi) is 5.51. The predicted octanol–water partition coefficient (Wildman–Crippen LogP) is 6.05. The van der Waals surface area contributed by atoms with Gasteiger partial charge in [0.15, 0.2) is 0 Å². The van der Waals surface area contributed by atoms with Crippen LogP contribution in [0.5, 0.6) is 11.5 Å². The van der Waals surface area contributed by atoms with E-state index in [0.29, 0.717) is 5.75 Å². The van der Waals surface area contributed by atoms with Gasteiger partial charge in [-0.1, -0.05) is 52.0 Å². The Balaban J connectivity index is 2.38. The average molecular weight is 341 g/mol. The third-order valence-corrected chi connectivity index (χ3v) is 5.68. The van der Waals surface area contributed by atoms with E-state index in [-0.39, 0.29) is 10.8 Å². The van der Waals surface area contributed by atoms with Gasteiger partial charge < -0.3 is 9.84 Å². The van der Waals surface area contributed by atoms with Crippen LogP contribution in [0.15, 0.2) is 36.4 Å². The molecule has 136 valence electrons.